The third kappa shape index (κ3) is 2.28. The van der Waals surface area contributed by atoms with E-state index in [4.69, 9.17) is 4.74 Å². The van der Waals surface area contributed by atoms with Gasteiger partial charge in [0, 0.05) is 21.0 Å². The van der Waals surface area contributed by atoms with Crippen LogP contribution in [-0.4, -0.2) is 12.8 Å². The fourth-order valence-corrected chi connectivity index (χ4v) is 1.03. The third-order valence-electron chi connectivity index (χ3n) is 2.09. The number of rotatable bonds is 3. The number of ether oxygens (including phenoxy) is 1. The first-order valence-electron chi connectivity index (χ1n) is 4.23. The Labute approximate surface area is 78.5 Å². The van der Waals surface area contributed by atoms with Crippen LogP contribution >= 0.6 is 0 Å². The topological polar surface area (TPSA) is 36.7 Å². The quantitative estimate of drug-likeness (QED) is 0.559. The Bertz CT molecular complexity index is 259. The summed E-state index contributed by atoms with van der Waals surface area (Å²) in [4.78, 5) is 0. The zero-order valence-corrected chi connectivity index (χ0v) is 8.20. The molecule has 0 aliphatic rings. The van der Waals surface area contributed by atoms with Gasteiger partial charge in [-0.15, -0.1) is 0 Å². The lowest BCUT2D eigenvalue weighted by Gasteiger charge is -2.36. The van der Waals surface area contributed by atoms with E-state index in [0.29, 0.717) is 5.69 Å². The van der Waals surface area contributed by atoms with Crippen LogP contribution < -0.4 is 5.06 Å². The Morgan fingerprint density at radius 2 is 1.77 bits per heavy atom. The van der Waals surface area contributed by atoms with Crippen molar-refractivity contribution in [2.24, 2.45) is 0 Å². The lowest BCUT2D eigenvalue weighted by molar-refractivity contribution is -0.867. The summed E-state index contributed by atoms with van der Waals surface area (Å²) in [6.07, 6.45) is 0. The molecule has 1 aromatic carbocycles. The summed E-state index contributed by atoms with van der Waals surface area (Å²) in [6.45, 7) is 3.53. The Morgan fingerprint density at radius 3 is 2.23 bits per heavy atom. The molecule has 0 fully saturated rings. The first-order valence-corrected chi connectivity index (χ1v) is 4.23. The van der Waals surface area contributed by atoms with Crippen LogP contribution in [0.5, 0.6) is 0 Å². The molecule has 1 rings (SSSR count). The second-order valence-electron chi connectivity index (χ2n) is 3.41. The van der Waals surface area contributed by atoms with Gasteiger partial charge in [0.25, 0.3) is 0 Å². The lowest BCUT2D eigenvalue weighted by Crippen LogP contribution is -3.11. The average molecular weight is 181 g/mol. The van der Waals surface area contributed by atoms with E-state index < -0.39 is 5.72 Å². The molecule has 1 N–H and O–H groups in total. The van der Waals surface area contributed by atoms with Crippen LogP contribution in [-0.2, 0) is 4.74 Å². The van der Waals surface area contributed by atoms with Crippen LogP contribution in [0.2, 0.25) is 0 Å². The van der Waals surface area contributed by atoms with Gasteiger partial charge < -0.3 is 15.0 Å². The third-order valence-corrected chi connectivity index (χ3v) is 2.09. The Kier molecular flexibility index (Phi) is 3.03. The highest BCUT2D eigenvalue weighted by Crippen LogP contribution is 2.05. The number of nitrogens with one attached hydrogen (secondary N) is 1. The van der Waals surface area contributed by atoms with E-state index in [1.165, 1.54) is 0 Å². The van der Waals surface area contributed by atoms with Crippen molar-refractivity contribution in [3.8, 4) is 0 Å². The average Bonchev–Trinajstić information content (AvgIpc) is 2.18. The number of hydrogen-bond donors (Lipinski definition) is 1. The second kappa shape index (κ2) is 3.87. The largest absolute Gasteiger partial charge is 0.627 e. The van der Waals surface area contributed by atoms with Gasteiger partial charge >= 0.3 is 0 Å². The number of hydroxylamine groups is 1. The molecule has 0 bridgehead atoms. The van der Waals surface area contributed by atoms with Crippen molar-refractivity contribution in [2.45, 2.75) is 19.6 Å². The van der Waals surface area contributed by atoms with Gasteiger partial charge in [0.1, 0.15) is 5.69 Å². The van der Waals surface area contributed by atoms with E-state index in [1.54, 1.807) is 33.1 Å². The summed E-state index contributed by atoms with van der Waals surface area (Å²) >= 11 is 0. The van der Waals surface area contributed by atoms with E-state index >= 15 is 0 Å². The molecular weight excluding hydrogens is 166 g/mol. The zero-order valence-electron chi connectivity index (χ0n) is 8.20. The summed E-state index contributed by atoms with van der Waals surface area (Å²) in [5, 5.41) is 11.8. The lowest BCUT2D eigenvalue weighted by atomic mass is 10.2. The van der Waals surface area contributed by atoms with Crippen molar-refractivity contribution in [1.29, 1.82) is 0 Å². The first kappa shape index (κ1) is 10.2. The predicted molar refractivity (Wildman–Crippen MR) is 51.5 cm³/mol. The van der Waals surface area contributed by atoms with Crippen molar-refractivity contribution < 1.29 is 9.80 Å². The SMILES string of the molecule is COC(C)(C)[NH+]([O-])c1ccccc1. The molecule has 72 valence electrons. The van der Waals surface area contributed by atoms with E-state index in [2.05, 4.69) is 0 Å². The zero-order chi connectivity index (χ0) is 9.90. The highest BCUT2D eigenvalue weighted by molar-refractivity contribution is 5.28. The van der Waals surface area contributed by atoms with Gasteiger partial charge in [-0.3, -0.25) is 0 Å². The van der Waals surface area contributed by atoms with Crippen LogP contribution in [0.4, 0.5) is 5.69 Å². The molecule has 3 heteroatoms. The normalized spacial score (nSPS) is 14.2. The fraction of sp³-hybridized carbons (Fsp3) is 0.400. The van der Waals surface area contributed by atoms with E-state index in [1.807, 2.05) is 18.2 Å². The standard InChI is InChI=1S/C10H15NO2/c1-10(2,13-3)11(12)9-7-5-4-6-8-9/h4-8,11H,1-3H3. The highest BCUT2D eigenvalue weighted by Gasteiger charge is 2.25. The molecule has 1 aromatic rings. The van der Waals surface area contributed by atoms with Gasteiger partial charge in [0.15, 0.2) is 5.72 Å². The number of quaternary nitrogens is 1. The van der Waals surface area contributed by atoms with Crippen molar-refractivity contribution in [3.63, 3.8) is 0 Å². The highest BCUT2D eigenvalue weighted by atomic mass is 16.6. The summed E-state index contributed by atoms with van der Waals surface area (Å²) in [6, 6.07) is 9.17. The van der Waals surface area contributed by atoms with Gasteiger partial charge in [-0.1, -0.05) is 18.2 Å². The number of methoxy groups -OCH3 is 1. The maximum absolute atomic E-state index is 11.8. The van der Waals surface area contributed by atoms with Gasteiger partial charge in [-0.05, 0) is 12.1 Å². The molecular formula is C10H15NO2. The molecule has 3 nitrogen and oxygen atoms in total. The van der Waals surface area contributed by atoms with Crippen LogP contribution in [0.1, 0.15) is 13.8 Å². The van der Waals surface area contributed by atoms with Crippen LogP contribution in [0.3, 0.4) is 0 Å². The monoisotopic (exact) mass is 181 g/mol. The van der Waals surface area contributed by atoms with Crippen LogP contribution in [0.25, 0.3) is 0 Å². The van der Waals surface area contributed by atoms with E-state index in [0.717, 1.165) is 0 Å². The molecule has 0 radical (unpaired) electrons. The molecule has 0 spiro atoms. The molecule has 0 aliphatic heterocycles. The van der Waals surface area contributed by atoms with Crippen molar-refractivity contribution >= 4 is 5.69 Å². The van der Waals surface area contributed by atoms with Gasteiger partial charge in [0.2, 0.25) is 0 Å². The van der Waals surface area contributed by atoms with Crippen molar-refractivity contribution in [2.75, 3.05) is 7.11 Å². The smallest absolute Gasteiger partial charge is 0.199 e. The fourth-order valence-electron chi connectivity index (χ4n) is 1.03. The van der Waals surface area contributed by atoms with E-state index in [-0.39, 0.29) is 5.06 Å². The van der Waals surface area contributed by atoms with Gasteiger partial charge in [0.05, 0.1) is 0 Å². The molecule has 0 aliphatic carbocycles. The van der Waals surface area contributed by atoms with Gasteiger partial charge in [-0.2, -0.15) is 0 Å². The molecule has 1 unspecified atom stereocenters. The molecule has 0 aromatic heterocycles. The maximum atomic E-state index is 11.8. The first-order chi connectivity index (χ1) is 6.08. The summed E-state index contributed by atoms with van der Waals surface area (Å²) in [7, 11) is 1.54. The summed E-state index contributed by atoms with van der Waals surface area (Å²) in [5.41, 5.74) is -0.0456. The number of benzene rings is 1. The van der Waals surface area contributed by atoms with Crippen molar-refractivity contribution in [1.82, 2.24) is 0 Å². The minimum atomic E-state index is -0.735. The van der Waals surface area contributed by atoms with Crippen LogP contribution in [0.15, 0.2) is 30.3 Å². The number of para-hydroxylation sites is 1. The number of hydrogen-bond acceptors (Lipinski definition) is 2. The molecule has 0 saturated carbocycles. The summed E-state index contributed by atoms with van der Waals surface area (Å²) in [5.74, 6) is 0. The minimum Gasteiger partial charge on any atom is -0.627 e. The molecule has 1 atom stereocenters. The van der Waals surface area contributed by atoms with Crippen LogP contribution in [0, 0.1) is 5.21 Å². The second-order valence-corrected chi connectivity index (χ2v) is 3.41. The predicted octanol–water partition coefficient (Wildman–Crippen LogP) is 1.08. The Hall–Kier alpha value is -0.900. The molecule has 13 heavy (non-hydrogen) atoms. The Morgan fingerprint density at radius 1 is 1.23 bits per heavy atom. The van der Waals surface area contributed by atoms with E-state index in [9.17, 15) is 5.21 Å². The van der Waals surface area contributed by atoms with Crippen molar-refractivity contribution in [3.05, 3.63) is 35.5 Å². The molecule has 0 heterocycles. The minimum absolute atomic E-state index is 0.00981. The summed E-state index contributed by atoms with van der Waals surface area (Å²) < 4.78 is 5.10. The molecule has 0 saturated heterocycles. The maximum Gasteiger partial charge on any atom is 0.199 e. The molecule has 0 amide bonds. The van der Waals surface area contributed by atoms with Gasteiger partial charge in [-0.25, -0.2) is 0 Å². The Balaban J connectivity index is 2.85.